The molecule has 1 heterocycles. The second kappa shape index (κ2) is 5.08. The van der Waals surface area contributed by atoms with Gasteiger partial charge in [-0.1, -0.05) is 35.9 Å². The zero-order valence-corrected chi connectivity index (χ0v) is 11.4. The average Bonchev–Trinajstić information content (AvgIpc) is 2.84. The fourth-order valence-corrected chi connectivity index (χ4v) is 2.41. The molecule has 3 heteroatoms. The molecule has 0 radical (unpaired) electrons. The Balaban J connectivity index is 2.16. The summed E-state index contributed by atoms with van der Waals surface area (Å²) in [6.45, 7) is 0.781. The Bertz CT molecular complexity index is 685. The van der Waals surface area contributed by atoms with E-state index >= 15 is 0 Å². The fourth-order valence-electron chi connectivity index (χ4n) is 2.24. The van der Waals surface area contributed by atoms with Gasteiger partial charge in [0.15, 0.2) is 0 Å². The van der Waals surface area contributed by atoms with E-state index in [1.54, 1.807) is 0 Å². The second-order valence-electron chi connectivity index (χ2n) is 4.48. The molecule has 2 aromatic carbocycles. The van der Waals surface area contributed by atoms with Crippen LogP contribution in [0.3, 0.4) is 0 Å². The first kappa shape index (κ1) is 12.3. The number of para-hydroxylation sites is 1. The van der Waals surface area contributed by atoms with Gasteiger partial charge in [-0.3, -0.25) is 0 Å². The van der Waals surface area contributed by atoms with E-state index in [0.29, 0.717) is 0 Å². The van der Waals surface area contributed by atoms with Gasteiger partial charge >= 0.3 is 0 Å². The van der Waals surface area contributed by atoms with Crippen molar-refractivity contribution in [3.05, 3.63) is 59.1 Å². The van der Waals surface area contributed by atoms with Crippen LogP contribution < -0.4 is 5.32 Å². The molecule has 0 amide bonds. The van der Waals surface area contributed by atoms with E-state index in [1.807, 2.05) is 49.5 Å². The van der Waals surface area contributed by atoms with Gasteiger partial charge in [0, 0.05) is 22.5 Å². The van der Waals surface area contributed by atoms with Crippen LogP contribution in [0.15, 0.2) is 52.9 Å². The number of halogens is 1. The summed E-state index contributed by atoms with van der Waals surface area (Å²) in [4.78, 5) is 0. The summed E-state index contributed by atoms with van der Waals surface area (Å²) >= 11 is 6.10. The summed E-state index contributed by atoms with van der Waals surface area (Å²) < 4.78 is 5.91. The van der Waals surface area contributed by atoms with Crippen molar-refractivity contribution in [1.82, 2.24) is 5.32 Å². The maximum atomic E-state index is 6.10. The lowest BCUT2D eigenvalue weighted by atomic mass is 10.0. The van der Waals surface area contributed by atoms with Crippen LogP contribution in [-0.2, 0) is 6.54 Å². The van der Waals surface area contributed by atoms with Gasteiger partial charge < -0.3 is 9.73 Å². The molecule has 3 aromatic rings. The third-order valence-corrected chi connectivity index (χ3v) is 3.37. The van der Waals surface area contributed by atoms with Crippen LogP contribution in [0.5, 0.6) is 0 Å². The van der Waals surface area contributed by atoms with Gasteiger partial charge in [-0.15, -0.1) is 0 Å². The lowest BCUT2D eigenvalue weighted by molar-refractivity contribution is 0.630. The highest BCUT2D eigenvalue weighted by molar-refractivity contribution is 6.30. The Kier molecular flexibility index (Phi) is 3.28. The minimum absolute atomic E-state index is 0.718. The second-order valence-corrected chi connectivity index (χ2v) is 4.92. The van der Waals surface area contributed by atoms with Crippen LogP contribution in [0.25, 0.3) is 22.3 Å². The van der Waals surface area contributed by atoms with E-state index in [2.05, 4.69) is 11.4 Å². The van der Waals surface area contributed by atoms with Crippen molar-refractivity contribution in [3.8, 4) is 11.3 Å². The van der Waals surface area contributed by atoms with Gasteiger partial charge in [0.25, 0.3) is 0 Å². The van der Waals surface area contributed by atoms with Crippen LogP contribution in [-0.4, -0.2) is 7.05 Å². The predicted molar refractivity (Wildman–Crippen MR) is 79.4 cm³/mol. The molecule has 1 N–H and O–H groups in total. The topological polar surface area (TPSA) is 25.2 Å². The Hall–Kier alpha value is -1.77. The molecule has 0 aliphatic carbocycles. The number of rotatable bonds is 3. The number of furan rings is 1. The summed E-state index contributed by atoms with van der Waals surface area (Å²) in [5.41, 5.74) is 3.11. The van der Waals surface area contributed by atoms with Gasteiger partial charge in [-0.25, -0.2) is 0 Å². The van der Waals surface area contributed by atoms with Crippen molar-refractivity contribution >= 4 is 22.6 Å². The van der Waals surface area contributed by atoms with E-state index in [1.165, 1.54) is 5.56 Å². The normalized spacial score (nSPS) is 11.1. The molecular formula is C16H14ClNO. The third-order valence-electron chi connectivity index (χ3n) is 3.13. The monoisotopic (exact) mass is 271 g/mol. The molecule has 0 saturated carbocycles. The molecule has 19 heavy (non-hydrogen) atoms. The average molecular weight is 272 g/mol. The Labute approximate surface area is 117 Å². The molecule has 2 nitrogen and oxygen atoms in total. The van der Waals surface area contributed by atoms with Gasteiger partial charge in [-0.05, 0) is 36.9 Å². The molecule has 0 unspecified atom stereocenters. The van der Waals surface area contributed by atoms with Crippen molar-refractivity contribution in [1.29, 1.82) is 0 Å². The first-order chi connectivity index (χ1) is 9.28. The Morgan fingerprint density at radius 3 is 2.74 bits per heavy atom. The zero-order valence-electron chi connectivity index (χ0n) is 10.6. The quantitative estimate of drug-likeness (QED) is 0.760. The van der Waals surface area contributed by atoms with E-state index in [9.17, 15) is 0 Å². The minimum Gasteiger partial charge on any atom is -0.456 e. The van der Waals surface area contributed by atoms with E-state index in [-0.39, 0.29) is 0 Å². The fraction of sp³-hybridized carbons (Fsp3) is 0.125. The number of nitrogens with one attached hydrogen (secondary N) is 1. The summed E-state index contributed by atoms with van der Waals surface area (Å²) in [5.74, 6) is 0.856. The maximum Gasteiger partial charge on any atom is 0.135 e. The van der Waals surface area contributed by atoms with E-state index in [0.717, 1.165) is 33.9 Å². The molecule has 0 saturated heterocycles. The Morgan fingerprint density at radius 2 is 1.95 bits per heavy atom. The highest BCUT2D eigenvalue weighted by Gasteiger charge is 2.10. The highest BCUT2D eigenvalue weighted by atomic mass is 35.5. The number of benzene rings is 2. The highest BCUT2D eigenvalue weighted by Crippen LogP contribution is 2.31. The van der Waals surface area contributed by atoms with Gasteiger partial charge in [0.05, 0.1) is 0 Å². The van der Waals surface area contributed by atoms with Gasteiger partial charge in [0.2, 0.25) is 0 Å². The smallest absolute Gasteiger partial charge is 0.135 e. The summed E-state index contributed by atoms with van der Waals surface area (Å²) in [6, 6.07) is 15.9. The molecule has 0 aliphatic rings. The van der Waals surface area contributed by atoms with E-state index < -0.39 is 0 Å². The molecule has 96 valence electrons. The summed E-state index contributed by atoms with van der Waals surface area (Å²) in [6.07, 6.45) is 0. The SMILES string of the molecule is CNCc1ccc(Cl)cc1-c1cc2ccccc2o1. The van der Waals surface area contributed by atoms with Crippen LogP contribution >= 0.6 is 11.6 Å². The van der Waals surface area contributed by atoms with Crippen LogP contribution in [0.4, 0.5) is 0 Å². The van der Waals surface area contributed by atoms with Gasteiger partial charge in [-0.2, -0.15) is 0 Å². The molecule has 0 bridgehead atoms. The molecular weight excluding hydrogens is 258 g/mol. The van der Waals surface area contributed by atoms with Crippen molar-refractivity contribution in [2.45, 2.75) is 6.54 Å². The third kappa shape index (κ3) is 2.37. The van der Waals surface area contributed by atoms with Crippen molar-refractivity contribution in [3.63, 3.8) is 0 Å². The molecule has 3 rings (SSSR count). The summed E-state index contributed by atoms with van der Waals surface area (Å²) in [5, 5.41) is 4.99. The van der Waals surface area contributed by atoms with Crippen molar-refractivity contribution < 1.29 is 4.42 Å². The Morgan fingerprint density at radius 1 is 1.11 bits per heavy atom. The van der Waals surface area contributed by atoms with Gasteiger partial charge in [0.1, 0.15) is 11.3 Å². The standard InChI is InChI=1S/C16H14ClNO/c1-18-10-12-6-7-13(17)9-14(12)16-8-11-4-2-3-5-15(11)19-16/h2-9,18H,10H2,1H3. The lowest BCUT2D eigenvalue weighted by Crippen LogP contribution is -2.06. The van der Waals surface area contributed by atoms with Crippen LogP contribution in [0.2, 0.25) is 5.02 Å². The molecule has 0 aliphatic heterocycles. The number of fused-ring (bicyclic) bond motifs is 1. The molecule has 0 atom stereocenters. The van der Waals surface area contributed by atoms with E-state index in [4.69, 9.17) is 16.0 Å². The maximum absolute atomic E-state index is 6.10. The summed E-state index contributed by atoms with van der Waals surface area (Å²) in [7, 11) is 1.93. The first-order valence-electron chi connectivity index (χ1n) is 6.20. The molecule has 1 aromatic heterocycles. The zero-order chi connectivity index (χ0) is 13.2. The minimum atomic E-state index is 0.718. The van der Waals surface area contributed by atoms with Crippen molar-refractivity contribution in [2.75, 3.05) is 7.05 Å². The molecule has 0 spiro atoms. The molecule has 0 fully saturated rings. The lowest BCUT2D eigenvalue weighted by Gasteiger charge is -2.07. The largest absolute Gasteiger partial charge is 0.456 e. The number of hydrogen-bond acceptors (Lipinski definition) is 2. The van der Waals surface area contributed by atoms with Crippen LogP contribution in [0, 0.1) is 0 Å². The van der Waals surface area contributed by atoms with Crippen LogP contribution in [0.1, 0.15) is 5.56 Å². The number of hydrogen-bond donors (Lipinski definition) is 1. The van der Waals surface area contributed by atoms with Crippen molar-refractivity contribution in [2.24, 2.45) is 0 Å². The first-order valence-corrected chi connectivity index (χ1v) is 6.58. The predicted octanol–water partition coefficient (Wildman–Crippen LogP) is 4.47.